The molecular weight excluding hydrogens is 323 g/mol. The van der Waals surface area contributed by atoms with Crippen molar-refractivity contribution in [3.05, 3.63) is 29.8 Å². The van der Waals surface area contributed by atoms with E-state index in [9.17, 15) is 26.4 Å². The third-order valence-corrected chi connectivity index (χ3v) is 4.92. The van der Waals surface area contributed by atoms with Crippen molar-refractivity contribution < 1.29 is 31.1 Å². The number of nitrogens with one attached hydrogen (secondary N) is 1. The van der Waals surface area contributed by atoms with Gasteiger partial charge in [0.05, 0.1) is 17.1 Å². The van der Waals surface area contributed by atoms with E-state index in [-0.39, 0.29) is 11.5 Å². The van der Waals surface area contributed by atoms with Crippen LogP contribution in [0.3, 0.4) is 0 Å². The van der Waals surface area contributed by atoms with Gasteiger partial charge in [-0.25, -0.2) is 8.42 Å². The predicted molar refractivity (Wildman–Crippen MR) is 72.1 cm³/mol. The molecule has 1 aromatic rings. The molecule has 1 amide bonds. The highest BCUT2D eigenvalue weighted by atomic mass is 32.2. The molecule has 1 aromatic carbocycles. The Bertz CT molecular complexity index is 657. The van der Waals surface area contributed by atoms with Crippen molar-refractivity contribution in [2.24, 2.45) is 0 Å². The van der Waals surface area contributed by atoms with E-state index in [1.54, 1.807) is 0 Å². The average molecular weight is 337 g/mol. The fraction of sp³-hybridized carbons (Fsp3) is 0.462. The second-order valence-corrected chi connectivity index (χ2v) is 7.18. The molecule has 1 heterocycles. The molecule has 0 radical (unpaired) electrons. The van der Waals surface area contributed by atoms with Crippen molar-refractivity contribution >= 4 is 15.7 Å². The molecule has 0 aliphatic carbocycles. The van der Waals surface area contributed by atoms with Gasteiger partial charge in [0.15, 0.2) is 16.4 Å². The molecule has 0 bridgehead atoms. The van der Waals surface area contributed by atoms with Gasteiger partial charge in [0.2, 0.25) is 0 Å². The second-order valence-electron chi connectivity index (χ2n) is 4.95. The lowest BCUT2D eigenvalue weighted by molar-refractivity contribution is -0.139. The van der Waals surface area contributed by atoms with Crippen LogP contribution in [0.5, 0.6) is 5.75 Å². The minimum Gasteiger partial charge on any atom is -0.483 e. The minimum absolute atomic E-state index is 0.00426. The first kappa shape index (κ1) is 16.6. The highest BCUT2D eigenvalue weighted by molar-refractivity contribution is 7.91. The average Bonchev–Trinajstić information content (AvgIpc) is 2.75. The van der Waals surface area contributed by atoms with Crippen LogP contribution in [0.2, 0.25) is 0 Å². The number of hydrogen-bond donors (Lipinski definition) is 1. The number of benzene rings is 1. The lowest BCUT2D eigenvalue weighted by Crippen LogP contribution is -2.38. The Kier molecular flexibility index (Phi) is 4.64. The van der Waals surface area contributed by atoms with E-state index in [1.807, 2.05) is 0 Å². The van der Waals surface area contributed by atoms with Gasteiger partial charge in [0, 0.05) is 6.04 Å². The number of hydrogen-bond acceptors (Lipinski definition) is 4. The molecule has 1 N–H and O–H groups in total. The zero-order chi connectivity index (χ0) is 16.4. The Morgan fingerprint density at radius 3 is 2.59 bits per heavy atom. The number of alkyl halides is 3. The lowest BCUT2D eigenvalue weighted by Gasteiger charge is -2.15. The zero-order valence-corrected chi connectivity index (χ0v) is 12.2. The number of rotatable bonds is 4. The van der Waals surface area contributed by atoms with Gasteiger partial charge in [-0.15, -0.1) is 0 Å². The Morgan fingerprint density at radius 1 is 1.32 bits per heavy atom. The predicted octanol–water partition coefficient (Wildman–Crippen LogP) is 1.39. The molecular formula is C13H14F3NO4S. The van der Waals surface area contributed by atoms with Crippen LogP contribution in [0.1, 0.15) is 12.0 Å². The van der Waals surface area contributed by atoms with Crippen LogP contribution in [-0.4, -0.2) is 38.5 Å². The SMILES string of the molecule is O=C(COc1ccccc1C(F)(F)F)N[C@@H]1CCS(=O)(=O)C1. The standard InChI is InChI=1S/C13H14F3NO4S/c14-13(15,16)10-3-1-2-4-11(10)21-7-12(18)17-9-5-6-22(19,20)8-9/h1-4,9H,5-8H2,(H,17,18)/t9-/m1/s1. The van der Waals surface area contributed by atoms with E-state index in [2.05, 4.69) is 5.32 Å². The summed E-state index contributed by atoms with van der Waals surface area (Å²) in [5.41, 5.74) is -0.966. The summed E-state index contributed by atoms with van der Waals surface area (Å²) in [6, 6.07) is 4.05. The van der Waals surface area contributed by atoms with Gasteiger partial charge in [-0.3, -0.25) is 4.79 Å². The first-order valence-corrected chi connectivity index (χ1v) is 8.28. The number of halogens is 3. The molecule has 0 unspecified atom stereocenters. The Labute approximate surface area is 125 Å². The van der Waals surface area contributed by atoms with Gasteiger partial charge in [0.25, 0.3) is 5.91 Å². The molecule has 1 aliphatic heterocycles. The molecule has 0 aromatic heterocycles. The van der Waals surface area contributed by atoms with Crippen LogP contribution < -0.4 is 10.1 Å². The Hall–Kier alpha value is -1.77. The zero-order valence-electron chi connectivity index (χ0n) is 11.4. The third kappa shape index (κ3) is 4.36. The molecule has 1 atom stereocenters. The molecule has 9 heteroatoms. The molecule has 1 saturated heterocycles. The first-order valence-electron chi connectivity index (χ1n) is 6.46. The van der Waals surface area contributed by atoms with E-state index in [0.29, 0.717) is 6.42 Å². The van der Waals surface area contributed by atoms with Crippen molar-refractivity contribution in [3.8, 4) is 5.75 Å². The van der Waals surface area contributed by atoms with E-state index < -0.39 is 45.9 Å². The van der Waals surface area contributed by atoms with E-state index in [1.165, 1.54) is 12.1 Å². The number of ether oxygens (including phenoxy) is 1. The molecule has 1 aliphatic rings. The molecule has 0 saturated carbocycles. The summed E-state index contributed by atoms with van der Waals surface area (Å²) in [6.07, 6.45) is -4.28. The van der Waals surface area contributed by atoms with Crippen LogP contribution in [0, 0.1) is 0 Å². The maximum Gasteiger partial charge on any atom is 0.419 e. The summed E-state index contributed by atoms with van der Waals surface area (Å²) in [7, 11) is -3.14. The Morgan fingerprint density at radius 2 is 2.00 bits per heavy atom. The number of para-hydroxylation sites is 1. The van der Waals surface area contributed by atoms with Gasteiger partial charge in [-0.1, -0.05) is 12.1 Å². The highest BCUT2D eigenvalue weighted by Crippen LogP contribution is 2.35. The molecule has 5 nitrogen and oxygen atoms in total. The number of carbonyl (C=O) groups excluding carboxylic acids is 1. The van der Waals surface area contributed by atoms with Crippen molar-refractivity contribution in [2.75, 3.05) is 18.1 Å². The maximum absolute atomic E-state index is 12.7. The van der Waals surface area contributed by atoms with Crippen molar-refractivity contribution in [3.63, 3.8) is 0 Å². The van der Waals surface area contributed by atoms with Crippen LogP contribution >= 0.6 is 0 Å². The molecule has 122 valence electrons. The van der Waals surface area contributed by atoms with Crippen molar-refractivity contribution in [1.29, 1.82) is 0 Å². The van der Waals surface area contributed by atoms with Crippen LogP contribution in [0.25, 0.3) is 0 Å². The molecule has 22 heavy (non-hydrogen) atoms. The fourth-order valence-corrected chi connectivity index (χ4v) is 3.82. The van der Waals surface area contributed by atoms with Crippen molar-refractivity contribution in [2.45, 2.75) is 18.6 Å². The smallest absolute Gasteiger partial charge is 0.419 e. The molecule has 1 fully saturated rings. The molecule has 2 rings (SSSR count). The van der Waals surface area contributed by atoms with Gasteiger partial charge in [0.1, 0.15) is 5.75 Å². The minimum atomic E-state index is -4.58. The highest BCUT2D eigenvalue weighted by Gasteiger charge is 2.34. The quantitative estimate of drug-likeness (QED) is 0.901. The summed E-state index contributed by atoms with van der Waals surface area (Å²) in [5.74, 6) is -1.25. The summed E-state index contributed by atoms with van der Waals surface area (Å²) >= 11 is 0. The Balaban J connectivity index is 1.92. The lowest BCUT2D eigenvalue weighted by atomic mass is 10.2. The fourth-order valence-electron chi connectivity index (χ4n) is 2.15. The first-order chi connectivity index (χ1) is 10.2. The maximum atomic E-state index is 12.7. The number of amides is 1. The van der Waals surface area contributed by atoms with Gasteiger partial charge in [-0.2, -0.15) is 13.2 Å². The van der Waals surface area contributed by atoms with Crippen molar-refractivity contribution in [1.82, 2.24) is 5.32 Å². The van der Waals surface area contributed by atoms with Gasteiger partial charge >= 0.3 is 6.18 Å². The summed E-state index contributed by atoms with van der Waals surface area (Å²) in [6.45, 7) is -0.607. The van der Waals surface area contributed by atoms with Crippen LogP contribution in [0.4, 0.5) is 13.2 Å². The van der Waals surface area contributed by atoms with Crippen LogP contribution in [0.15, 0.2) is 24.3 Å². The summed E-state index contributed by atoms with van der Waals surface area (Å²) in [4.78, 5) is 11.6. The number of carbonyl (C=O) groups is 1. The largest absolute Gasteiger partial charge is 0.483 e. The number of sulfone groups is 1. The molecule has 0 spiro atoms. The summed E-state index contributed by atoms with van der Waals surface area (Å²) in [5, 5.41) is 2.44. The topological polar surface area (TPSA) is 72.5 Å². The van der Waals surface area contributed by atoms with Gasteiger partial charge < -0.3 is 10.1 Å². The normalized spacial score (nSPS) is 20.6. The monoisotopic (exact) mass is 337 g/mol. The van der Waals surface area contributed by atoms with Gasteiger partial charge in [-0.05, 0) is 18.6 Å². The van der Waals surface area contributed by atoms with Crippen LogP contribution in [-0.2, 0) is 20.8 Å². The van der Waals surface area contributed by atoms with E-state index in [4.69, 9.17) is 4.74 Å². The van der Waals surface area contributed by atoms with E-state index >= 15 is 0 Å². The van der Waals surface area contributed by atoms with E-state index in [0.717, 1.165) is 12.1 Å². The third-order valence-electron chi connectivity index (χ3n) is 3.15. The summed E-state index contributed by atoms with van der Waals surface area (Å²) < 4.78 is 65.6. The second kappa shape index (κ2) is 6.15.